The van der Waals surface area contributed by atoms with E-state index >= 15 is 0 Å². The number of hydrogen-bond donors (Lipinski definition) is 0. The number of carboxylic acid groups (broad SMARTS) is 2. The van der Waals surface area contributed by atoms with E-state index in [1.807, 2.05) is 0 Å². The van der Waals surface area contributed by atoms with Crippen molar-refractivity contribution in [2.24, 2.45) is 0 Å². The monoisotopic (exact) mass is 316 g/mol. The van der Waals surface area contributed by atoms with E-state index in [1.54, 1.807) is 0 Å². The maximum absolute atomic E-state index is 11.1. The summed E-state index contributed by atoms with van der Waals surface area (Å²) in [5.74, 6) is -1.98. The molecular weight excluding hydrogens is 304 g/mol. The molecule has 0 amide bonds. The van der Waals surface area contributed by atoms with Crippen LogP contribution in [-0.2, 0) is 0 Å². The first-order chi connectivity index (χ1) is 11.0. The van der Waals surface area contributed by atoms with E-state index in [1.165, 1.54) is 50.6 Å². The van der Waals surface area contributed by atoms with Crippen LogP contribution in [0.1, 0.15) is 20.7 Å². The summed E-state index contributed by atoms with van der Waals surface area (Å²) in [5.41, 5.74) is -0.158. The van der Waals surface area contributed by atoms with Crippen molar-refractivity contribution in [3.05, 3.63) is 47.5 Å². The van der Waals surface area contributed by atoms with Gasteiger partial charge in [0.25, 0.3) is 0 Å². The van der Waals surface area contributed by atoms with Gasteiger partial charge in [0, 0.05) is 5.56 Å². The molecule has 0 aliphatic heterocycles. The lowest BCUT2D eigenvalue weighted by molar-refractivity contribution is -0.256. The van der Waals surface area contributed by atoms with Gasteiger partial charge in [0.2, 0.25) is 5.75 Å². The number of benzene rings is 2. The Balaban J connectivity index is 2.42. The average molecular weight is 316 g/mol. The zero-order valence-corrected chi connectivity index (χ0v) is 12.3. The Morgan fingerprint density at radius 2 is 1.39 bits per heavy atom. The SMILES string of the molecule is COc1cc(C(=O)[O-])cc(Oc2ccc(C(=O)[O-])cc2)c1OC. The second kappa shape index (κ2) is 6.69. The van der Waals surface area contributed by atoms with E-state index in [2.05, 4.69) is 0 Å². The van der Waals surface area contributed by atoms with Gasteiger partial charge in [-0.15, -0.1) is 0 Å². The Bertz CT molecular complexity index is 735. The third-order valence-electron chi connectivity index (χ3n) is 3.00. The summed E-state index contributed by atoms with van der Waals surface area (Å²) in [4.78, 5) is 21.8. The summed E-state index contributed by atoms with van der Waals surface area (Å²) in [6.45, 7) is 0. The van der Waals surface area contributed by atoms with Crippen LogP contribution in [0.4, 0.5) is 0 Å². The molecule has 0 saturated heterocycles. The third kappa shape index (κ3) is 3.52. The first-order valence-corrected chi connectivity index (χ1v) is 6.43. The minimum atomic E-state index is -1.40. The average Bonchev–Trinajstić information content (AvgIpc) is 2.54. The van der Waals surface area contributed by atoms with Crippen molar-refractivity contribution in [1.29, 1.82) is 0 Å². The molecule has 0 aromatic heterocycles. The molecule has 120 valence electrons. The van der Waals surface area contributed by atoms with E-state index in [9.17, 15) is 19.8 Å². The molecule has 0 unspecified atom stereocenters. The Morgan fingerprint density at radius 1 is 0.826 bits per heavy atom. The molecule has 23 heavy (non-hydrogen) atoms. The number of carbonyl (C=O) groups excluding carboxylic acids is 2. The lowest BCUT2D eigenvalue weighted by Gasteiger charge is -2.16. The van der Waals surface area contributed by atoms with Crippen LogP contribution in [-0.4, -0.2) is 26.2 Å². The second-order valence-electron chi connectivity index (χ2n) is 4.41. The van der Waals surface area contributed by atoms with Crippen LogP contribution in [0.15, 0.2) is 36.4 Å². The van der Waals surface area contributed by atoms with Crippen molar-refractivity contribution in [3.63, 3.8) is 0 Å². The van der Waals surface area contributed by atoms with Crippen molar-refractivity contribution in [2.75, 3.05) is 14.2 Å². The van der Waals surface area contributed by atoms with E-state index in [-0.39, 0.29) is 34.1 Å². The molecule has 7 heteroatoms. The molecule has 0 heterocycles. The van der Waals surface area contributed by atoms with Crippen LogP contribution in [0.3, 0.4) is 0 Å². The zero-order chi connectivity index (χ0) is 17.0. The van der Waals surface area contributed by atoms with E-state index in [0.717, 1.165) is 0 Å². The van der Waals surface area contributed by atoms with Gasteiger partial charge in [-0.05, 0) is 42.0 Å². The zero-order valence-electron chi connectivity index (χ0n) is 12.3. The van der Waals surface area contributed by atoms with Gasteiger partial charge in [-0.3, -0.25) is 0 Å². The maximum atomic E-state index is 11.1. The van der Waals surface area contributed by atoms with Crippen LogP contribution in [0.5, 0.6) is 23.0 Å². The number of hydrogen-bond acceptors (Lipinski definition) is 7. The molecule has 2 aromatic rings. The van der Waals surface area contributed by atoms with Crippen molar-refractivity contribution in [2.45, 2.75) is 0 Å². The van der Waals surface area contributed by atoms with Crippen molar-refractivity contribution < 1.29 is 34.0 Å². The van der Waals surface area contributed by atoms with Gasteiger partial charge in [0.15, 0.2) is 11.5 Å². The van der Waals surface area contributed by atoms with Crippen LogP contribution in [0, 0.1) is 0 Å². The number of ether oxygens (including phenoxy) is 3. The molecule has 0 atom stereocenters. The molecular formula is C16H12O7-2. The fraction of sp³-hybridized carbons (Fsp3) is 0.125. The topological polar surface area (TPSA) is 108 Å². The summed E-state index contributed by atoms with van der Waals surface area (Å²) >= 11 is 0. The standard InChI is InChI=1S/C16H14O7/c1-21-12-7-10(16(19)20)8-13(14(12)22-2)23-11-5-3-9(4-6-11)15(17)18/h3-8H,1-2H3,(H,17,18)(H,19,20)/p-2. The van der Waals surface area contributed by atoms with E-state index in [4.69, 9.17) is 14.2 Å². The Labute approximate surface area is 131 Å². The summed E-state index contributed by atoms with van der Waals surface area (Å²) < 4.78 is 15.8. The van der Waals surface area contributed by atoms with Gasteiger partial charge < -0.3 is 34.0 Å². The number of carbonyl (C=O) groups is 2. The van der Waals surface area contributed by atoms with Gasteiger partial charge in [0.05, 0.1) is 26.2 Å². The van der Waals surface area contributed by atoms with Crippen molar-refractivity contribution in [3.8, 4) is 23.0 Å². The number of rotatable bonds is 6. The third-order valence-corrected chi connectivity index (χ3v) is 3.00. The fourth-order valence-corrected chi connectivity index (χ4v) is 1.91. The molecule has 0 aliphatic carbocycles. The van der Waals surface area contributed by atoms with Gasteiger partial charge in [-0.25, -0.2) is 0 Å². The van der Waals surface area contributed by atoms with Gasteiger partial charge >= 0.3 is 0 Å². The molecule has 0 bridgehead atoms. The number of methoxy groups -OCH3 is 2. The molecule has 7 nitrogen and oxygen atoms in total. The van der Waals surface area contributed by atoms with E-state index in [0.29, 0.717) is 0 Å². The second-order valence-corrected chi connectivity index (χ2v) is 4.41. The quantitative estimate of drug-likeness (QED) is 0.750. The first kappa shape index (κ1) is 16.2. The molecule has 0 fully saturated rings. The molecule has 0 N–H and O–H groups in total. The lowest BCUT2D eigenvalue weighted by Crippen LogP contribution is -2.22. The smallest absolute Gasteiger partial charge is 0.203 e. The summed E-state index contributed by atoms with van der Waals surface area (Å²) in [6, 6.07) is 7.89. The largest absolute Gasteiger partial charge is 0.545 e. The number of carboxylic acids is 2. The summed E-state index contributed by atoms with van der Waals surface area (Å²) in [5, 5.41) is 21.8. The van der Waals surface area contributed by atoms with Crippen molar-refractivity contribution >= 4 is 11.9 Å². The minimum absolute atomic E-state index is 0.00891. The van der Waals surface area contributed by atoms with Gasteiger partial charge in [-0.2, -0.15) is 0 Å². The maximum Gasteiger partial charge on any atom is 0.203 e. The highest BCUT2D eigenvalue weighted by Crippen LogP contribution is 2.40. The molecule has 2 rings (SSSR count). The van der Waals surface area contributed by atoms with Gasteiger partial charge in [0.1, 0.15) is 5.75 Å². The molecule has 0 spiro atoms. The highest BCUT2D eigenvalue weighted by Gasteiger charge is 2.15. The molecule has 2 aromatic carbocycles. The van der Waals surface area contributed by atoms with Gasteiger partial charge in [-0.1, -0.05) is 0 Å². The van der Waals surface area contributed by atoms with Crippen LogP contribution in [0.2, 0.25) is 0 Å². The normalized spacial score (nSPS) is 10.0. The van der Waals surface area contributed by atoms with Crippen molar-refractivity contribution in [1.82, 2.24) is 0 Å². The highest BCUT2D eigenvalue weighted by molar-refractivity contribution is 5.88. The Hall–Kier alpha value is -3.22. The summed E-state index contributed by atoms with van der Waals surface area (Å²) in [7, 11) is 2.73. The van der Waals surface area contributed by atoms with Crippen LogP contribution in [0.25, 0.3) is 0 Å². The minimum Gasteiger partial charge on any atom is -0.545 e. The molecule has 0 radical (unpaired) electrons. The predicted molar refractivity (Wildman–Crippen MR) is 74.7 cm³/mol. The Morgan fingerprint density at radius 3 is 1.87 bits per heavy atom. The highest BCUT2D eigenvalue weighted by atomic mass is 16.5. The lowest BCUT2D eigenvalue weighted by atomic mass is 10.1. The van der Waals surface area contributed by atoms with Crippen LogP contribution < -0.4 is 24.4 Å². The molecule has 0 aliphatic rings. The fourth-order valence-electron chi connectivity index (χ4n) is 1.91. The molecule has 0 saturated carbocycles. The Kier molecular flexibility index (Phi) is 4.70. The first-order valence-electron chi connectivity index (χ1n) is 6.43. The summed E-state index contributed by atoms with van der Waals surface area (Å²) in [6.07, 6.45) is 0. The van der Waals surface area contributed by atoms with E-state index < -0.39 is 11.9 Å². The number of aromatic carboxylic acids is 2. The predicted octanol–water partition coefficient (Wildman–Crippen LogP) is 0.223. The van der Waals surface area contributed by atoms with Crippen LogP contribution >= 0.6 is 0 Å².